The second-order valence-electron chi connectivity index (χ2n) is 4.94. The first-order valence-corrected chi connectivity index (χ1v) is 9.06. The van der Waals surface area contributed by atoms with Gasteiger partial charge >= 0.3 is 0 Å². The van der Waals surface area contributed by atoms with E-state index < -0.39 is 10.0 Å². The van der Waals surface area contributed by atoms with Gasteiger partial charge in [-0.1, -0.05) is 13.8 Å². The van der Waals surface area contributed by atoms with E-state index in [2.05, 4.69) is 23.9 Å². The Balaban J connectivity index is 2.33. The van der Waals surface area contributed by atoms with Crippen LogP contribution in [-0.2, 0) is 21.3 Å². The Morgan fingerprint density at radius 2 is 2.05 bits per heavy atom. The molecule has 1 aromatic rings. The third-order valence-electron chi connectivity index (χ3n) is 2.63. The van der Waals surface area contributed by atoms with Gasteiger partial charge in [-0.25, -0.2) is 13.1 Å². The van der Waals surface area contributed by atoms with Crippen LogP contribution < -0.4 is 10.0 Å². The monoisotopic (exact) mass is 320 g/mol. The summed E-state index contributed by atoms with van der Waals surface area (Å²) >= 11 is 1.28. The van der Waals surface area contributed by atoms with Crippen LogP contribution >= 0.6 is 11.3 Å². The summed E-state index contributed by atoms with van der Waals surface area (Å²) in [5.41, 5.74) is 0. The van der Waals surface area contributed by atoms with Crippen LogP contribution in [0.5, 0.6) is 0 Å². The fraction of sp³-hybridized carbons (Fsp3) is 0.692. The largest absolute Gasteiger partial charge is 0.380 e. The third kappa shape index (κ3) is 6.32. The number of sulfonamides is 1. The molecule has 0 aromatic carbocycles. The van der Waals surface area contributed by atoms with E-state index in [4.69, 9.17) is 4.74 Å². The smallest absolute Gasteiger partial charge is 0.250 e. The van der Waals surface area contributed by atoms with Crippen molar-refractivity contribution >= 4 is 21.4 Å². The van der Waals surface area contributed by atoms with Crippen LogP contribution in [0.4, 0.5) is 0 Å². The lowest BCUT2D eigenvalue weighted by Gasteiger charge is -2.07. The summed E-state index contributed by atoms with van der Waals surface area (Å²) in [6.45, 7) is 6.32. The molecule has 0 spiro atoms. The van der Waals surface area contributed by atoms with Gasteiger partial charge in [0.2, 0.25) is 10.0 Å². The van der Waals surface area contributed by atoms with Gasteiger partial charge in [-0.15, -0.1) is 11.3 Å². The average Bonchev–Trinajstić information content (AvgIpc) is 2.83. The van der Waals surface area contributed by atoms with E-state index in [1.807, 2.05) is 13.1 Å². The van der Waals surface area contributed by atoms with Crippen LogP contribution in [0.3, 0.4) is 0 Å². The first-order chi connectivity index (χ1) is 9.45. The molecular formula is C13H24N2O3S2. The lowest BCUT2D eigenvalue weighted by molar-refractivity contribution is 0.128. The fourth-order valence-electron chi connectivity index (χ4n) is 1.51. The third-order valence-corrected chi connectivity index (χ3v) is 5.67. The molecule has 0 atom stereocenters. The van der Waals surface area contributed by atoms with Gasteiger partial charge in [0.25, 0.3) is 0 Å². The number of thiophene rings is 1. The van der Waals surface area contributed by atoms with Crippen LogP contribution in [0.1, 0.15) is 25.1 Å². The molecule has 2 N–H and O–H groups in total. The Kier molecular flexibility index (Phi) is 7.68. The molecule has 20 heavy (non-hydrogen) atoms. The predicted molar refractivity (Wildman–Crippen MR) is 82.5 cm³/mol. The van der Waals surface area contributed by atoms with Crippen molar-refractivity contribution in [2.75, 3.05) is 26.8 Å². The Bertz CT molecular complexity index is 484. The van der Waals surface area contributed by atoms with Crippen LogP contribution in [0.15, 0.2) is 16.3 Å². The zero-order chi connectivity index (χ0) is 15.0. The minimum atomic E-state index is -3.40. The maximum atomic E-state index is 12.0. The number of rotatable bonds is 10. The topological polar surface area (TPSA) is 67.4 Å². The van der Waals surface area contributed by atoms with Gasteiger partial charge in [-0.3, -0.25) is 0 Å². The Labute approximate surface area is 125 Å². The quantitative estimate of drug-likeness (QED) is 0.645. The van der Waals surface area contributed by atoms with E-state index in [0.29, 0.717) is 36.4 Å². The summed E-state index contributed by atoms with van der Waals surface area (Å²) in [5, 5.41) is 3.00. The zero-order valence-corrected chi connectivity index (χ0v) is 13.9. The summed E-state index contributed by atoms with van der Waals surface area (Å²) in [5.74, 6) is 0.600. The molecule has 1 rings (SSSR count). The minimum Gasteiger partial charge on any atom is -0.380 e. The maximum Gasteiger partial charge on any atom is 0.250 e. The highest BCUT2D eigenvalue weighted by Gasteiger charge is 2.15. The average molecular weight is 320 g/mol. The molecule has 116 valence electrons. The van der Waals surface area contributed by atoms with Gasteiger partial charge in [-0.05, 0) is 31.5 Å². The van der Waals surface area contributed by atoms with Gasteiger partial charge in [0.05, 0.1) is 6.61 Å². The molecule has 0 saturated heterocycles. The van der Waals surface area contributed by atoms with Crippen LogP contribution in [0, 0.1) is 5.92 Å². The van der Waals surface area contributed by atoms with Crippen molar-refractivity contribution in [1.82, 2.24) is 10.0 Å². The van der Waals surface area contributed by atoms with Gasteiger partial charge < -0.3 is 10.1 Å². The van der Waals surface area contributed by atoms with E-state index in [0.717, 1.165) is 11.3 Å². The van der Waals surface area contributed by atoms with Crippen molar-refractivity contribution in [2.45, 2.75) is 31.0 Å². The Morgan fingerprint density at radius 3 is 2.70 bits per heavy atom. The highest BCUT2D eigenvalue weighted by molar-refractivity contribution is 7.91. The number of hydrogen-bond acceptors (Lipinski definition) is 5. The highest BCUT2D eigenvalue weighted by atomic mass is 32.2. The summed E-state index contributed by atoms with van der Waals surface area (Å²) in [7, 11) is -1.57. The Hall–Kier alpha value is -0.470. The van der Waals surface area contributed by atoms with E-state index >= 15 is 0 Å². The first kappa shape index (κ1) is 17.6. The van der Waals surface area contributed by atoms with Crippen molar-refractivity contribution in [1.29, 1.82) is 0 Å². The summed E-state index contributed by atoms with van der Waals surface area (Å²) in [4.78, 5) is 1.00. The molecule has 0 unspecified atom stereocenters. The van der Waals surface area contributed by atoms with E-state index in [1.165, 1.54) is 11.3 Å². The molecular weight excluding hydrogens is 296 g/mol. The van der Waals surface area contributed by atoms with Crippen molar-refractivity contribution in [2.24, 2.45) is 5.92 Å². The van der Waals surface area contributed by atoms with Gasteiger partial charge in [0, 0.05) is 24.6 Å². The zero-order valence-electron chi connectivity index (χ0n) is 12.3. The van der Waals surface area contributed by atoms with E-state index in [9.17, 15) is 8.42 Å². The molecule has 0 aliphatic heterocycles. The fourth-order valence-corrected chi connectivity index (χ4v) is 3.94. The number of nitrogens with one attached hydrogen (secondary N) is 2. The van der Waals surface area contributed by atoms with E-state index in [1.54, 1.807) is 6.07 Å². The number of hydrogen-bond donors (Lipinski definition) is 2. The molecule has 0 aliphatic carbocycles. The van der Waals surface area contributed by atoms with Crippen molar-refractivity contribution in [3.63, 3.8) is 0 Å². The Morgan fingerprint density at radius 1 is 1.30 bits per heavy atom. The van der Waals surface area contributed by atoms with Gasteiger partial charge in [-0.2, -0.15) is 0 Å². The van der Waals surface area contributed by atoms with Crippen molar-refractivity contribution < 1.29 is 13.2 Å². The summed E-state index contributed by atoms with van der Waals surface area (Å²) in [6.07, 6.45) is 0.991. The van der Waals surface area contributed by atoms with Crippen molar-refractivity contribution in [3.8, 4) is 0 Å². The van der Waals surface area contributed by atoms with Crippen LogP contribution in [0.25, 0.3) is 0 Å². The van der Waals surface area contributed by atoms with Gasteiger partial charge in [0.1, 0.15) is 4.21 Å². The lowest BCUT2D eigenvalue weighted by Crippen LogP contribution is -2.27. The molecule has 0 bridgehead atoms. The maximum absolute atomic E-state index is 12.0. The minimum absolute atomic E-state index is 0.305. The molecule has 1 heterocycles. The molecule has 7 heteroatoms. The number of ether oxygens (including phenoxy) is 1. The summed E-state index contributed by atoms with van der Waals surface area (Å²) in [6, 6.07) is 3.47. The van der Waals surface area contributed by atoms with E-state index in [-0.39, 0.29) is 0 Å². The standard InChI is InChI=1S/C13H24N2O3S2/c1-11(2)6-8-18-9-7-15-20(16,17)13-5-4-12(19-13)10-14-3/h4-5,11,14-15H,6-10H2,1-3H3. The van der Waals surface area contributed by atoms with Crippen molar-refractivity contribution in [3.05, 3.63) is 17.0 Å². The predicted octanol–water partition coefficient (Wildman–Crippen LogP) is 1.81. The van der Waals surface area contributed by atoms with Gasteiger partial charge in [0.15, 0.2) is 0 Å². The second-order valence-corrected chi connectivity index (χ2v) is 8.11. The molecule has 0 amide bonds. The molecule has 0 saturated carbocycles. The normalized spacial score (nSPS) is 12.2. The molecule has 0 radical (unpaired) electrons. The molecule has 5 nitrogen and oxygen atoms in total. The lowest BCUT2D eigenvalue weighted by atomic mass is 10.1. The second kappa shape index (κ2) is 8.74. The SMILES string of the molecule is CNCc1ccc(S(=O)(=O)NCCOCCC(C)C)s1. The highest BCUT2D eigenvalue weighted by Crippen LogP contribution is 2.21. The molecule has 0 fully saturated rings. The first-order valence-electron chi connectivity index (χ1n) is 6.76. The van der Waals surface area contributed by atoms with Crippen LogP contribution in [-0.4, -0.2) is 35.2 Å². The van der Waals surface area contributed by atoms with Crippen LogP contribution in [0.2, 0.25) is 0 Å². The molecule has 1 aromatic heterocycles. The summed E-state index contributed by atoms with van der Waals surface area (Å²) < 4.78 is 32.3. The molecule has 0 aliphatic rings.